The summed E-state index contributed by atoms with van der Waals surface area (Å²) >= 11 is 6.17. The van der Waals surface area contributed by atoms with E-state index in [1.54, 1.807) is 0 Å². The number of nitrogens with zero attached hydrogens (tertiary/aromatic N) is 1. The number of rotatable bonds is 4. The third kappa shape index (κ3) is 2.18. The Morgan fingerprint density at radius 1 is 1.44 bits per heavy atom. The predicted octanol–water partition coefficient (Wildman–Crippen LogP) is 2.97. The number of anilines is 1. The van der Waals surface area contributed by atoms with Crippen molar-refractivity contribution in [1.29, 1.82) is 0 Å². The van der Waals surface area contributed by atoms with Gasteiger partial charge in [-0.15, -0.1) is 0 Å². The normalized spacial score (nSPS) is 15.9. The van der Waals surface area contributed by atoms with E-state index >= 15 is 0 Å². The summed E-state index contributed by atoms with van der Waals surface area (Å²) in [7, 11) is 0. The molecular formula is C13H19ClN2. The highest BCUT2D eigenvalue weighted by Gasteiger charge is 2.25. The van der Waals surface area contributed by atoms with Crippen LogP contribution in [-0.4, -0.2) is 19.1 Å². The van der Waals surface area contributed by atoms with Crippen LogP contribution in [0.3, 0.4) is 0 Å². The van der Waals surface area contributed by atoms with Gasteiger partial charge in [0, 0.05) is 29.8 Å². The molecule has 0 atom stereocenters. The quantitative estimate of drug-likeness (QED) is 0.874. The van der Waals surface area contributed by atoms with Crippen LogP contribution in [0.25, 0.3) is 0 Å². The second kappa shape index (κ2) is 5.07. The number of hydrogen-bond acceptors (Lipinski definition) is 2. The lowest BCUT2D eigenvalue weighted by Gasteiger charge is -2.40. The zero-order valence-electron chi connectivity index (χ0n) is 9.75. The van der Waals surface area contributed by atoms with Gasteiger partial charge in [0.2, 0.25) is 0 Å². The average Bonchev–Trinajstić information content (AvgIpc) is 2.19. The Kier molecular flexibility index (Phi) is 3.72. The van der Waals surface area contributed by atoms with Crippen molar-refractivity contribution < 1.29 is 0 Å². The first-order chi connectivity index (χ1) is 7.74. The molecule has 0 heterocycles. The Bertz CT molecular complexity index is 361. The molecule has 1 aliphatic carbocycles. The lowest BCUT2D eigenvalue weighted by atomic mass is 9.90. The number of benzene rings is 1. The van der Waals surface area contributed by atoms with Crippen LogP contribution >= 0.6 is 11.6 Å². The van der Waals surface area contributed by atoms with E-state index in [1.165, 1.54) is 30.5 Å². The molecule has 0 radical (unpaired) electrons. The SMILES string of the molecule is Cc1c(Cl)cccc1N(CCN)C1CCC1. The fourth-order valence-corrected chi connectivity index (χ4v) is 2.41. The Balaban J connectivity index is 2.26. The highest BCUT2D eigenvalue weighted by atomic mass is 35.5. The van der Waals surface area contributed by atoms with Crippen molar-refractivity contribution in [2.75, 3.05) is 18.0 Å². The first-order valence-electron chi connectivity index (χ1n) is 5.96. The summed E-state index contributed by atoms with van der Waals surface area (Å²) in [4.78, 5) is 2.42. The molecule has 1 aromatic carbocycles. The second-order valence-corrected chi connectivity index (χ2v) is 4.86. The van der Waals surface area contributed by atoms with E-state index in [9.17, 15) is 0 Å². The van der Waals surface area contributed by atoms with Crippen molar-refractivity contribution in [2.45, 2.75) is 32.2 Å². The van der Waals surface area contributed by atoms with Gasteiger partial charge >= 0.3 is 0 Å². The van der Waals surface area contributed by atoms with E-state index < -0.39 is 0 Å². The van der Waals surface area contributed by atoms with Crippen LogP contribution in [0.5, 0.6) is 0 Å². The van der Waals surface area contributed by atoms with E-state index in [2.05, 4.69) is 17.9 Å². The minimum Gasteiger partial charge on any atom is -0.367 e. The van der Waals surface area contributed by atoms with Crippen LogP contribution in [0, 0.1) is 6.92 Å². The maximum absolute atomic E-state index is 6.17. The maximum Gasteiger partial charge on any atom is 0.0455 e. The molecule has 1 aromatic rings. The van der Waals surface area contributed by atoms with E-state index in [-0.39, 0.29) is 0 Å². The first kappa shape index (κ1) is 11.7. The van der Waals surface area contributed by atoms with Gasteiger partial charge < -0.3 is 10.6 Å². The van der Waals surface area contributed by atoms with Gasteiger partial charge in [0.05, 0.1) is 0 Å². The van der Waals surface area contributed by atoms with Crippen molar-refractivity contribution in [2.24, 2.45) is 5.73 Å². The van der Waals surface area contributed by atoms with Crippen LogP contribution in [0.15, 0.2) is 18.2 Å². The molecular weight excluding hydrogens is 220 g/mol. The van der Waals surface area contributed by atoms with Gasteiger partial charge in [0.25, 0.3) is 0 Å². The molecule has 88 valence electrons. The second-order valence-electron chi connectivity index (χ2n) is 4.45. The summed E-state index contributed by atoms with van der Waals surface area (Å²) in [6.07, 6.45) is 3.91. The van der Waals surface area contributed by atoms with Crippen LogP contribution < -0.4 is 10.6 Å². The molecule has 2 nitrogen and oxygen atoms in total. The topological polar surface area (TPSA) is 29.3 Å². The fraction of sp³-hybridized carbons (Fsp3) is 0.538. The summed E-state index contributed by atoms with van der Waals surface area (Å²) in [5, 5.41) is 0.846. The molecule has 2 rings (SSSR count). The van der Waals surface area contributed by atoms with Gasteiger partial charge in [-0.3, -0.25) is 0 Å². The lowest BCUT2D eigenvalue weighted by Crippen LogP contribution is -2.43. The third-order valence-electron chi connectivity index (χ3n) is 3.43. The van der Waals surface area contributed by atoms with Gasteiger partial charge in [-0.2, -0.15) is 0 Å². The molecule has 0 bridgehead atoms. The molecule has 1 aliphatic rings. The molecule has 3 heteroatoms. The zero-order chi connectivity index (χ0) is 11.5. The van der Waals surface area contributed by atoms with Crippen molar-refractivity contribution in [3.63, 3.8) is 0 Å². The van der Waals surface area contributed by atoms with Crippen molar-refractivity contribution in [1.82, 2.24) is 0 Å². The number of halogens is 1. The number of hydrogen-bond donors (Lipinski definition) is 1. The van der Waals surface area contributed by atoms with Crippen LogP contribution in [0.1, 0.15) is 24.8 Å². The Hall–Kier alpha value is -0.730. The predicted molar refractivity (Wildman–Crippen MR) is 70.2 cm³/mol. The Morgan fingerprint density at radius 3 is 2.75 bits per heavy atom. The van der Waals surface area contributed by atoms with Crippen LogP contribution in [-0.2, 0) is 0 Å². The van der Waals surface area contributed by atoms with Gasteiger partial charge in [-0.05, 0) is 43.9 Å². The number of nitrogens with two attached hydrogens (primary N) is 1. The van der Waals surface area contributed by atoms with Crippen LogP contribution in [0.2, 0.25) is 5.02 Å². The van der Waals surface area contributed by atoms with Gasteiger partial charge in [0.15, 0.2) is 0 Å². The smallest absolute Gasteiger partial charge is 0.0455 e. The highest BCUT2D eigenvalue weighted by Crippen LogP contribution is 2.33. The highest BCUT2D eigenvalue weighted by molar-refractivity contribution is 6.31. The molecule has 1 saturated carbocycles. The standard InChI is InChI=1S/C13H19ClN2/c1-10-12(14)6-3-7-13(10)16(9-8-15)11-4-2-5-11/h3,6-7,11H,2,4-5,8-9,15H2,1H3. The molecule has 2 N–H and O–H groups in total. The minimum absolute atomic E-state index is 0.667. The average molecular weight is 239 g/mol. The molecule has 0 amide bonds. The third-order valence-corrected chi connectivity index (χ3v) is 3.84. The van der Waals surface area contributed by atoms with Gasteiger partial charge in [0.1, 0.15) is 0 Å². The largest absolute Gasteiger partial charge is 0.367 e. The summed E-state index contributed by atoms with van der Waals surface area (Å²) in [5.74, 6) is 0. The molecule has 0 spiro atoms. The maximum atomic E-state index is 6.17. The van der Waals surface area contributed by atoms with E-state index in [0.717, 1.165) is 11.6 Å². The van der Waals surface area contributed by atoms with Crippen molar-refractivity contribution >= 4 is 17.3 Å². The van der Waals surface area contributed by atoms with E-state index in [4.69, 9.17) is 17.3 Å². The summed E-state index contributed by atoms with van der Waals surface area (Å²) in [6, 6.07) is 6.78. The first-order valence-corrected chi connectivity index (χ1v) is 6.33. The monoisotopic (exact) mass is 238 g/mol. The minimum atomic E-state index is 0.667. The molecule has 0 unspecified atom stereocenters. The molecule has 0 aromatic heterocycles. The lowest BCUT2D eigenvalue weighted by molar-refractivity contribution is 0.387. The summed E-state index contributed by atoms with van der Waals surface area (Å²) < 4.78 is 0. The molecule has 0 aliphatic heterocycles. The summed E-state index contributed by atoms with van der Waals surface area (Å²) in [5.41, 5.74) is 8.12. The van der Waals surface area contributed by atoms with E-state index in [0.29, 0.717) is 12.6 Å². The van der Waals surface area contributed by atoms with E-state index in [1.807, 2.05) is 12.1 Å². The van der Waals surface area contributed by atoms with Crippen LogP contribution in [0.4, 0.5) is 5.69 Å². The van der Waals surface area contributed by atoms with Gasteiger partial charge in [-0.25, -0.2) is 0 Å². The fourth-order valence-electron chi connectivity index (χ4n) is 2.24. The Morgan fingerprint density at radius 2 is 2.19 bits per heavy atom. The summed E-state index contributed by atoms with van der Waals surface area (Å²) in [6.45, 7) is 3.70. The Labute approximate surface area is 102 Å². The molecule has 0 saturated heterocycles. The van der Waals surface area contributed by atoms with Gasteiger partial charge in [-0.1, -0.05) is 17.7 Å². The zero-order valence-corrected chi connectivity index (χ0v) is 10.5. The van der Waals surface area contributed by atoms with Crippen molar-refractivity contribution in [3.8, 4) is 0 Å². The van der Waals surface area contributed by atoms with Crippen molar-refractivity contribution in [3.05, 3.63) is 28.8 Å². The molecule has 16 heavy (non-hydrogen) atoms. The molecule has 1 fully saturated rings.